The molecular formula is C19H28N2O4S. The molecule has 26 heavy (non-hydrogen) atoms. The Morgan fingerprint density at radius 3 is 2.46 bits per heavy atom. The summed E-state index contributed by atoms with van der Waals surface area (Å²) in [6, 6.07) is 7.27. The number of carbonyl (C=O) groups is 1. The smallest absolute Gasteiger partial charge is 0.223 e. The van der Waals surface area contributed by atoms with E-state index in [4.69, 9.17) is 4.74 Å². The molecule has 0 radical (unpaired) electrons. The summed E-state index contributed by atoms with van der Waals surface area (Å²) in [5, 5.41) is 0. The molecule has 2 aliphatic rings. The predicted molar refractivity (Wildman–Crippen MR) is 99.5 cm³/mol. The molecule has 0 unspecified atom stereocenters. The minimum absolute atomic E-state index is 0.148. The fourth-order valence-corrected chi connectivity index (χ4v) is 4.55. The number of ether oxygens (including phenoxy) is 1. The third kappa shape index (κ3) is 4.27. The molecule has 7 heteroatoms. The summed E-state index contributed by atoms with van der Waals surface area (Å²) >= 11 is 0. The standard InChI is InChI=1S/C19H28N2O4S/c1-15(2)21-13-19(10-18(21)22)12-20(8-9-25-14-19)11-16-4-6-17(7-5-16)26(3,23)24/h4-7,15H,8-14H2,1-3H3/t19-/m0/s1. The number of sulfone groups is 1. The van der Waals surface area contributed by atoms with E-state index in [1.54, 1.807) is 12.1 Å². The van der Waals surface area contributed by atoms with E-state index in [-0.39, 0.29) is 17.4 Å². The molecule has 2 saturated heterocycles. The molecule has 2 aliphatic heterocycles. The summed E-state index contributed by atoms with van der Waals surface area (Å²) in [6.45, 7) is 8.47. The molecule has 144 valence electrons. The first-order chi connectivity index (χ1) is 12.2. The molecule has 3 rings (SSSR count). The molecular weight excluding hydrogens is 352 g/mol. The van der Waals surface area contributed by atoms with Crippen molar-refractivity contribution in [3.63, 3.8) is 0 Å². The molecule has 0 N–H and O–H groups in total. The second-order valence-electron chi connectivity index (χ2n) is 7.97. The highest BCUT2D eigenvalue weighted by atomic mass is 32.2. The van der Waals surface area contributed by atoms with Gasteiger partial charge in [0.25, 0.3) is 0 Å². The van der Waals surface area contributed by atoms with Gasteiger partial charge in [-0.05, 0) is 31.5 Å². The van der Waals surface area contributed by atoms with E-state index in [2.05, 4.69) is 18.7 Å². The molecule has 1 amide bonds. The quantitative estimate of drug-likeness (QED) is 0.793. The van der Waals surface area contributed by atoms with E-state index >= 15 is 0 Å². The van der Waals surface area contributed by atoms with Gasteiger partial charge < -0.3 is 9.64 Å². The van der Waals surface area contributed by atoms with Crippen LogP contribution in [0.25, 0.3) is 0 Å². The fourth-order valence-electron chi connectivity index (χ4n) is 3.92. The van der Waals surface area contributed by atoms with E-state index in [1.807, 2.05) is 17.0 Å². The molecule has 0 saturated carbocycles. The van der Waals surface area contributed by atoms with Crippen LogP contribution in [0.2, 0.25) is 0 Å². The number of rotatable bonds is 4. The van der Waals surface area contributed by atoms with Crippen LogP contribution in [0.5, 0.6) is 0 Å². The van der Waals surface area contributed by atoms with E-state index in [0.29, 0.717) is 24.5 Å². The van der Waals surface area contributed by atoms with Crippen molar-refractivity contribution >= 4 is 15.7 Å². The first-order valence-electron chi connectivity index (χ1n) is 9.07. The number of likely N-dealkylation sites (tertiary alicyclic amines) is 1. The van der Waals surface area contributed by atoms with Crippen molar-refractivity contribution in [2.45, 2.75) is 37.8 Å². The van der Waals surface area contributed by atoms with Gasteiger partial charge in [0.15, 0.2) is 9.84 Å². The third-order valence-electron chi connectivity index (χ3n) is 5.25. The predicted octanol–water partition coefficient (Wildman–Crippen LogP) is 1.55. The Balaban J connectivity index is 1.71. The van der Waals surface area contributed by atoms with Gasteiger partial charge in [-0.25, -0.2) is 8.42 Å². The summed E-state index contributed by atoms with van der Waals surface area (Å²) in [6.07, 6.45) is 1.75. The minimum atomic E-state index is -3.17. The zero-order valence-electron chi connectivity index (χ0n) is 15.8. The lowest BCUT2D eigenvalue weighted by Gasteiger charge is -2.32. The summed E-state index contributed by atoms with van der Waals surface area (Å²) < 4.78 is 29.0. The lowest BCUT2D eigenvalue weighted by molar-refractivity contribution is -0.129. The summed E-state index contributed by atoms with van der Waals surface area (Å²) in [5.41, 5.74) is 0.921. The SMILES string of the molecule is CC(C)N1C[C@]2(COCCN(Cc3ccc(S(C)(=O)=O)cc3)C2)CC1=O. The highest BCUT2D eigenvalue weighted by molar-refractivity contribution is 7.90. The summed E-state index contributed by atoms with van der Waals surface area (Å²) in [5.74, 6) is 0.211. The van der Waals surface area contributed by atoms with Crippen LogP contribution in [0.1, 0.15) is 25.8 Å². The molecule has 1 aromatic rings. The zero-order chi connectivity index (χ0) is 18.9. The van der Waals surface area contributed by atoms with Gasteiger partial charge >= 0.3 is 0 Å². The lowest BCUT2D eigenvalue weighted by Crippen LogP contribution is -2.41. The fraction of sp³-hybridized carbons (Fsp3) is 0.632. The van der Waals surface area contributed by atoms with Crippen molar-refractivity contribution in [3.05, 3.63) is 29.8 Å². The molecule has 1 spiro atoms. The van der Waals surface area contributed by atoms with E-state index < -0.39 is 9.84 Å². The second-order valence-corrected chi connectivity index (χ2v) is 9.99. The molecule has 2 fully saturated rings. The average Bonchev–Trinajstić information content (AvgIpc) is 2.75. The Bertz CT molecular complexity index is 760. The minimum Gasteiger partial charge on any atom is -0.379 e. The van der Waals surface area contributed by atoms with Crippen LogP contribution >= 0.6 is 0 Å². The molecule has 2 heterocycles. The van der Waals surface area contributed by atoms with Gasteiger partial charge in [-0.2, -0.15) is 0 Å². The van der Waals surface area contributed by atoms with E-state index in [1.165, 1.54) is 6.26 Å². The second kappa shape index (κ2) is 7.29. The monoisotopic (exact) mass is 380 g/mol. The number of amides is 1. The van der Waals surface area contributed by atoms with Crippen LogP contribution in [0.3, 0.4) is 0 Å². The van der Waals surface area contributed by atoms with Crippen molar-refractivity contribution in [3.8, 4) is 0 Å². The van der Waals surface area contributed by atoms with E-state index in [9.17, 15) is 13.2 Å². The van der Waals surface area contributed by atoms with Crippen LogP contribution in [-0.4, -0.2) is 69.3 Å². The average molecular weight is 381 g/mol. The van der Waals surface area contributed by atoms with Crippen molar-refractivity contribution in [2.24, 2.45) is 5.41 Å². The number of benzene rings is 1. The van der Waals surface area contributed by atoms with Crippen molar-refractivity contribution in [1.29, 1.82) is 0 Å². The number of carbonyl (C=O) groups excluding carboxylic acids is 1. The number of hydrogen-bond acceptors (Lipinski definition) is 5. The first kappa shape index (κ1) is 19.3. The van der Waals surface area contributed by atoms with Crippen LogP contribution in [0, 0.1) is 5.41 Å². The number of hydrogen-bond donors (Lipinski definition) is 0. The maximum atomic E-state index is 12.4. The topological polar surface area (TPSA) is 66.9 Å². The summed E-state index contributed by atoms with van der Waals surface area (Å²) in [4.78, 5) is 17.0. The van der Waals surface area contributed by atoms with Crippen LogP contribution in [0.15, 0.2) is 29.2 Å². The molecule has 0 aliphatic carbocycles. The van der Waals surface area contributed by atoms with Gasteiger partial charge in [0.2, 0.25) is 5.91 Å². The van der Waals surface area contributed by atoms with Crippen molar-refractivity contribution in [1.82, 2.24) is 9.80 Å². The molecule has 6 nitrogen and oxygen atoms in total. The molecule has 0 aromatic heterocycles. The maximum Gasteiger partial charge on any atom is 0.223 e. The Kier molecular flexibility index (Phi) is 5.42. The van der Waals surface area contributed by atoms with Crippen LogP contribution in [-0.2, 0) is 25.9 Å². The molecule has 1 aromatic carbocycles. The third-order valence-corrected chi connectivity index (χ3v) is 6.38. The lowest BCUT2D eigenvalue weighted by atomic mass is 9.87. The Morgan fingerprint density at radius 2 is 1.88 bits per heavy atom. The first-order valence-corrected chi connectivity index (χ1v) is 11.0. The normalized spacial score (nSPS) is 25.2. The van der Waals surface area contributed by atoms with Gasteiger partial charge in [-0.1, -0.05) is 12.1 Å². The largest absolute Gasteiger partial charge is 0.379 e. The van der Waals surface area contributed by atoms with Crippen LogP contribution < -0.4 is 0 Å². The van der Waals surface area contributed by atoms with Crippen molar-refractivity contribution < 1.29 is 17.9 Å². The Morgan fingerprint density at radius 1 is 1.19 bits per heavy atom. The number of nitrogens with zero attached hydrogens (tertiary/aromatic N) is 2. The van der Waals surface area contributed by atoms with Gasteiger partial charge in [-0.3, -0.25) is 9.69 Å². The van der Waals surface area contributed by atoms with Gasteiger partial charge in [0.05, 0.1) is 18.1 Å². The van der Waals surface area contributed by atoms with Gasteiger partial charge in [0, 0.05) is 50.3 Å². The maximum absolute atomic E-state index is 12.4. The van der Waals surface area contributed by atoms with Gasteiger partial charge in [0.1, 0.15) is 0 Å². The van der Waals surface area contributed by atoms with Crippen LogP contribution in [0.4, 0.5) is 0 Å². The zero-order valence-corrected chi connectivity index (χ0v) is 16.6. The molecule has 1 atom stereocenters. The van der Waals surface area contributed by atoms with E-state index in [0.717, 1.165) is 31.7 Å². The van der Waals surface area contributed by atoms with Crippen molar-refractivity contribution in [2.75, 3.05) is 39.1 Å². The summed E-state index contributed by atoms with van der Waals surface area (Å²) in [7, 11) is -3.17. The Labute approximate surface area is 156 Å². The highest BCUT2D eigenvalue weighted by Gasteiger charge is 2.46. The Hall–Kier alpha value is -1.44. The van der Waals surface area contributed by atoms with Gasteiger partial charge in [-0.15, -0.1) is 0 Å². The molecule has 0 bridgehead atoms. The highest BCUT2D eigenvalue weighted by Crippen LogP contribution is 2.35.